The summed E-state index contributed by atoms with van der Waals surface area (Å²) in [5.41, 5.74) is 0.114. The number of nitrogens with zero attached hydrogens (tertiary/aromatic N) is 4. The summed E-state index contributed by atoms with van der Waals surface area (Å²) >= 11 is 1.57. The molecule has 0 saturated carbocycles. The van der Waals surface area contributed by atoms with Crippen LogP contribution in [-0.4, -0.2) is 93.4 Å². The number of aliphatic imine (C=N–C) groups is 1. The average molecular weight is 380 g/mol. The van der Waals surface area contributed by atoms with E-state index in [1.165, 1.54) is 4.90 Å². The fourth-order valence-corrected chi connectivity index (χ4v) is 5.92. The molecule has 2 fully saturated rings. The zero-order valence-corrected chi connectivity index (χ0v) is 15.9. The number of aliphatic carboxylic acids is 1. The first-order valence-corrected chi connectivity index (χ1v) is 9.85. The molecule has 0 radical (unpaired) electrons. The Morgan fingerprint density at radius 1 is 1.38 bits per heavy atom. The maximum Gasteiger partial charge on any atom is 0.353 e. The number of hydrogen-bond acceptors (Lipinski definition) is 7. The number of aliphatic hydroxyl groups is 1. The SMILES string of the molecule is CC(O)C1C(=O)N2C(C(=O)O)=C(SC3CN(C4=NCCN4C)C3)C(C)C12. The van der Waals surface area contributed by atoms with Crippen molar-refractivity contribution >= 4 is 29.6 Å². The summed E-state index contributed by atoms with van der Waals surface area (Å²) in [4.78, 5) is 35.2. The van der Waals surface area contributed by atoms with Crippen molar-refractivity contribution in [1.82, 2.24) is 14.7 Å². The van der Waals surface area contributed by atoms with E-state index < -0.39 is 18.0 Å². The Morgan fingerprint density at radius 2 is 2.08 bits per heavy atom. The number of β-lactam (4-membered cyclic amide) rings is 1. The number of fused-ring (bicyclic) bond motifs is 1. The van der Waals surface area contributed by atoms with Gasteiger partial charge in [0.05, 0.1) is 24.6 Å². The molecule has 2 saturated heterocycles. The lowest BCUT2D eigenvalue weighted by Crippen LogP contribution is -2.63. The van der Waals surface area contributed by atoms with E-state index in [4.69, 9.17) is 0 Å². The van der Waals surface area contributed by atoms with Gasteiger partial charge in [-0.2, -0.15) is 0 Å². The van der Waals surface area contributed by atoms with Gasteiger partial charge in [-0.25, -0.2) is 4.79 Å². The molecule has 4 rings (SSSR count). The van der Waals surface area contributed by atoms with Gasteiger partial charge in [-0.3, -0.25) is 9.79 Å². The molecule has 8 nitrogen and oxygen atoms in total. The summed E-state index contributed by atoms with van der Waals surface area (Å²) in [7, 11) is 2.03. The second-order valence-corrected chi connectivity index (χ2v) is 8.86. The highest BCUT2D eigenvalue weighted by Crippen LogP contribution is 2.51. The van der Waals surface area contributed by atoms with Crippen LogP contribution in [0.25, 0.3) is 0 Å². The Kier molecular flexibility index (Phi) is 4.18. The molecule has 9 heteroatoms. The topological polar surface area (TPSA) is 96.7 Å². The largest absolute Gasteiger partial charge is 0.477 e. The molecule has 4 atom stereocenters. The van der Waals surface area contributed by atoms with Crippen LogP contribution in [-0.2, 0) is 9.59 Å². The van der Waals surface area contributed by atoms with E-state index in [-0.39, 0.29) is 28.8 Å². The van der Waals surface area contributed by atoms with Gasteiger partial charge in [0.15, 0.2) is 5.96 Å². The van der Waals surface area contributed by atoms with E-state index in [2.05, 4.69) is 14.8 Å². The van der Waals surface area contributed by atoms with Gasteiger partial charge < -0.3 is 24.9 Å². The van der Waals surface area contributed by atoms with Crippen LogP contribution in [0.3, 0.4) is 0 Å². The molecule has 142 valence electrons. The second kappa shape index (κ2) is 6.16. The molecule has 0 aromatic heterocycles. The summed E-state index contributed by atoms with van der Waals surface area (Å²) in [6, 6.07) is -0.238. The van der Waals surface area contributed by atoms with E-state index in [1.807, 2.05) is 14.0 Å². The highest BCUT2D eigenvalue weighted by Gasteiger charge is 2.60. The monoisotopic (exact) mass is 380 g/mol. The molecule has 4 aliphatic heterocycles. The van der Waals surface area contributed by atoms with Crippen molar-refractivity contribution in [2.45, 2.75) is 31.2 Å². The van der Waals surface area contributed by atoms with Crippen LogP contribution in [0, 0.1) is 11.8 Å². The van der Waals surface area contributed by atoms with Crippen molar-refractivity contribution in [3.05, 3.63) is 10.6 Å². The summed E-state index contributed by atoms with van der Waals surface area (Å²) in [5, 5.41) is 19.8. The standard InChI is InChI=1S/C17H24N4O4S/c1-8-12-11(9(2)22)15(23)21(12)13(16(24)25)14(8)26-10-6-20(7-10)17-18-4-5-19(17)3/h8-12,22H,4-7H2,1-3H3,(H,24,25). The van der Waals surface area contributed by atoms with Gasteiger partial charge in [0, 0.05) is 42.8 Å². The summed E-state index contributed by atoms with van der Waals surface area (Å²) in [6.07, 6.45) is -0.763. The van der Waals surface area contributed by atoms with E-state index in [9.17, 15) is 19.8 Å². The summed E-state index contributed by atoms with van der Waals surface area (Å²) in [5.74, 6) is -0.889. The number of carbonyl (C=O) groups excluding carboxylic acids is 1. The van der Waals surface area contributed by atoms with E-state index in [0.717, 1.165) is 37.0 Å². The Labute approximate surface area is 156 Å². The lowest BCUT2D eigenvalue weighted by atomic mass is 9.79. The van der Waals surface area contributed by atoms with E-state index >= 15 is 0 Å². The Bertz CT molecular complexity index is 716. The molecule has 0 aliphatic carbocycles. The van der Waals surface area contributed by atoms with Gasteiger partial charge >= 0.3 is 5.97 Å². The molecule has 2 N–H and O–H groups in total. The zero-order valence-electron chi connectivity index (χ0n) is 15.1. The van der Waals surface area contributed by atoms with Gasteiger partial charge in [-0.15, -0.1) is 11.8 Å². The number of aliphatic hydroxyl groups excluding tert-OH is 1. The van der Waals surface area contributed by atoms with Gasteiger partial charge in [0.1, 0.15) is 5.70 Å². The van der Waals surface area contributed by atoms with Crippen LogP contribution < -0.4 is 0 Å². The minimum atomic E-state index is -1.06. The fraction of sp³-hybridized carbons (Fsp3) is 0.706. The number of hydrogen-bond donors (Lipinski definition) is 2. The molecule has 0 aromatic carbocycles. The fourth-order valence-electron chi connectivity index (χ4n) is 4.40. The van der Waals surface area contributed by atoms with E-state index in [0.29, 0.717) is 0 Å². The van der Waals surface area contributed by atoms with Gasteiger partial charge in [0.2, 0.25) is 5.91 Å². The van der Waals surface area contributed by atoms with Crippen molar-refractivity contribution in [2.24, 2.45) is 16.8 Å². The number of likely N-dealkylation sites (N-methyl/N-ethyl adjacent to an activating group) is 1. The number of carboxylic acid groups (broad SMARTS) is 1. The molecular formula is C17H24N4O4S. The minimum absolute atomic E-state index is 0.0658. The number of amides is 1. The molecule has 4 unspecified atom stereocenters. The third kappa shape index (κ3) is 2.44. The van der Waals surface area contributed by atoms with Crippen LogP contribution in [0.4, 0.5) is 0 Å². The van der Waals surface area contributed by atoms with Crippen LogP contribution in [0.2, 0.25) is 0 Å². The predicted octanol–water partition coefficient (Wildman–Crippen LogP) is -0.141. The lowest BCUT2D eigenvalue weighted by molar-refractivity contribution is -0.163. The summed E-state index contributed by atoms with van der Waals surface area (Å²) < 4.78 is 0. The molecule has 26 heavy (non-hydrogen) atoms. The summed E-state index contributed by atoms with van der Waals surface area (Å²) in [6.45, 7) is 6.98. The molecule has 0 aromatic rings. The van der Waals surface area contributed by atoms with Gasteiger partial charge in [-0.1, -0.05) is 6.92 Å². The average Bonchev–Trinajstić information content (AvgIpc) is 3.03. The predicted molar refractivity (Wildman–Crippen MR) is 97.5 cm³/mol. The van der Waals surface area contributed by atoms with Crippen molar-refractivity contribution in [3.8, 4) is 0 Å². The first kappa shape index (κ1) is 17.7. The molecule has 0 bridgehead atoms. The van der Waals surface area contributed by atoms with Crippen molar-refractivity contribution in [3.63, 3.8) is 0 Å². The normalized spacial score (nSPS) is 32.5. The van der Waals surface area contributed by atoms with Crippen molar-refractivity contribution < 1.29 is 19.8 Å². The van der Waals surface area contributed by atoms with Crippen LogP contribution in [0.1, 0.15) is 13.8 Å². The highest BCUT2D eigenvalue weighted by molar-refractivity contribution is 8.03. The molecule has 4 heterocycles. The van der Waals surface area contributed by atoms with Crippen LogP contribution in [0.5, 0.6) is 0 Å². The number of rotatable bonds is 4. The third-order valence-electron chi connectivity index (χ3n) is 5.77. The number of thioether (sulfide) groups is 1. The first-order chi connectivity index (χ1) is 12.3. The first-order valence-electron chi connectivity index (χ1n) is 8.97. The Morgan fingerprint density at radius 3 is 2.62 bits per heavy atom. The Balaban J connectivity index is 1.48. The van der Waals surface area contributed by atoms with Crippen LogP contribution >= 0.6 is 11.8 Å². The third-order valence-corrected chi connectivity index (χ3v) is 7.22. The van der Waals surface area contributed by atoms with Crippen molar-refractivity contribution in [1.29, 1.82) is 0 Å². The van der Waals surface area contributed by atoms with Gasteiger partial charge in [0.25, 0.3) is 0 Å². The van der Waals surface area contributed by atoms with Crippen molar-refractivity contribution in [2.75, 3.05) is 33.2 Å². The smallest absolute Gasteiger partial charge is 0.353 e. The quantitative estimate of drug-likeness (QED) is 0.655. The molecule has 1 amide bonds. The number of guanidine groups is 1. The maximum absolute atomic E-state index is 12.4. The molecule has 4 aliphatic rings. The number of likely N-dealkylation sites (tertiary alicyclic amines) is 1. The zero-order chi connectivity index (χ0) is 18.7. The minimum Gasteiger partial charge on any atom is -0.477 e. The second-order valence-electron chi connectivity index (χ2n) is 7.52. The highest BCUT2D eigenvalue weighted by atomic mass is 32.2. The number of carboxylic acids is 1. The lowest BCUT2D eigenvalue weighted by Gasteiger charge is -2.46. The van der Waals surface area contributed by atoms with E-state index in [1.54, 1.807) is 18.7 Å². The maximum atomic E-state index is 12.4. The van der Waals surface area contributed by atoms with Crippen LogP contribution in [0.15, 0.2) is 15.6 Å². The Hall–Kier alpha value is -1.74. The number of carbonyl (C=O) groups is 2. The molecular weight excluding hydrogens is 356 g/mol. The van der Waals surface area contributed by atoms with Gasteiger partial charge in [-0.05, 0) is 6.92 Å². The molecule has 0 spiro atoms.